The van der Waals surface area contributed by atoms with Crippen molar-refractivity contribution in [2.24, 2.45) is 0 Å². The average Bonchev–Trinajstić information content (AvgIpc) is 2.23. The summed E-state index contributed by atoms with van der Waals surface area (Å²) in [5.41, 5.74) is 0. The summed E-state index contributed by atoms with van der Waals surface area (Å²) in [5.74, 6) is -1.53. The van der Waals surface area contributed by atoms with Crippen molar-refractivity contribution in [1.82, 2.24) is 9.21 Å². The van der Waals surface area contributed by atoms with Gasteiger partial charge in [-0.15, -0.1) is 0 Å². The average molecular weight is 304 g/mol. The van der Waals surface area contributed by atoms with Crippen molar-refractivity contribution < 1.29 is 31.5 Å². The zero-order valence-corrected chi connectivity index (χ0v) is 11.0. The zero-order valence-electron chi connectivity index (χ0n) is 10.2. The van der Waals surface area contributed by atoms with Crippen LogP contribution in [0.1, 0.15) is 6.42 Å². The number of halogens is 3. The second kappa shape index (κ2) is 5.63. The number of piperazine rings is 1. The molecule has 19 heavy (non-hydrogen) atoms. The van der Waals surface area contributed by atoms with E-state index in [1.54, 1.807) is 0 Å². The van der Waals surface area contributed by atoms with Crippen molar-refractivity contribution in [2.45, 2.75) is 18.6 Å². The smallest absolute Gasteiger partial charge is 0.404 e. The van der Waals surface area contributed by atoms with E-state index in [0.29, 0.717) is 0 Å². The van der Waals surface area contributed by atoms with Crippen molar-refractivity contribution in [3.63, 3.8) is 0 Å². The van der Waals surface area contributed by atoms with Crippen LogP contribution in [0.3, 0.4) is 0 Å². The molecule has 6 nitrogen and oxygen atoms in total. The minimum atomic E-state index is -4.65. The van der Waals surface area contributed by atoms with Crippen molar-refractivity contribution in [3.05, 3.63) is 0 Å². The standard InChI is InChI=1S/C9H15F3N2O4S/c1-19(17,18)14-4-2-13(3-5-14)7(6-8(15)16)9(10,11)12/h7H,2-6H2,1H3,(H,15,16). The summed E-state index contributed by atoms with van der Waals surface area (Å²) in [4.78, 5) is 11.5. The maximum Gasteiger partial charge on any atom is 0.404 e. The fourth-order valence-electron chi connectivity index (χ4n) is 1.96. The van der Waals surface area contributed by atoms with Crippen molar-refractivity contribution in [2.75, 3.05) is 32.4 Å². The number of aliphatic carboxylic acids is 1. The molecule has 1 atom stereocenters. The highest BCUT2D eigenvalue weighted by Crippen LogP contribution is 2.28. The van der Waals surface area contributed by atoms with Gasteiger partial charge in [0.2, 0.25) is 10.0 Å². The lowest BCUT2D eigenvalue weighted by Crippen LogP contribution is -2.56. The number of carboxylic acids is 1. The fourth-order valence-corrected chi connectivity index (χ4v) is 2.79. The molecule has 0 aliphatic carbocycles. The SMILES string of the molecule is CS(=O)(=O)N1CCN(C(CC(=O)O)C(F)(F)F)CC1. The van der Waals surface area contributed by atoms with Gasteiger partial charge in [-0.05, 0) is 0 Å². The van der Waals surface area contributed by atoms with Gasteiger partial charge < -0.3 is 5.11 Å². The number of alkyl halides is 3. The maximum atomic E-state index is 12.8. The van der Waals surface area contributed by atoms with E-state index in [1.165, 1.54) is 0 Å². The van der Waals surface area contributed by atoms with Crippen LogP contribution < -0.4 is 0 Å². The molecule has 1 heterocycles. The molecule has 112 valence electrons. The Hall–Kier alpha value is -0.870. The van der Waals surface area contributed by atoms with Crippen LogP contribution in [-0.2, 0) is 14.8 Å². The number of carbonyl (C=O) groups is 1. The van der Waals surface area contributed by atoms with Crippen LogP contribution in [0.15, 0.2) is 0 Å². The van der Waals surface area contributed by atoms with Gasteiger partial charge in [-0.2, -0.15) is 17.5 Å². The first-order chi connectivity index (χ1) is 8.51. The van der Waals surface area contributed by atoms with Gasteiger partial charge in [0.1, 0.15) is 6.04 Å². The van der Waals surface area contributed by atoms with Crippen LogP contribution in [0, 0.1) is 0 Å². The van der Waals surface area contributed by atoms with E-state index in [-0.39, 0.29) is 26.2 Å². The summed E-state index contributed by atoms with van der Waals surface area (Å²) < 4.78 is 61.8. The molecule has 1 fully saturated rings. The van der Waals surface area contributed by atoms with E-state index in [4.69, 9.17) is 5.11 Å². The Morgan fingerprint density at radius 1 is 1.26 bits per heavy atom. The van der Waals surface area contributed by atoms with Crippen LogP contribution in [0.5, 0.6) is 0 Å². The Bertz CT molecular complexity index is 429. The lowest BCUT2D eigenvalue weighted by molar-refractivity contribution is -0.192. The second-order valence-electron chi connectivity index (χ2n) is 4.35. The Labute approximate surface area is 108 Å². The molecule has 0 saturated carbocycles. The van der Waals surface area contributed by atoms with E-state index in [9.17, 15) is 26.4 Å². The highest BCUT2D eigenvalue weighted by Gasteiger charge is 2.45. The summed E-state index contributed by atoms with van der Waals surface area (Å²) in [6, 6.07) is -2.08. The molecule has 1 N–H and O–H groups in total. The minimum absolute atomic E-state index is 0.0645. The Balaban J connectivity index is 2.72. The Morgan fingerprint density at radius 3 is 2.05 bits per heavy atom. The Kier molecular flexibility index (Phi) is 4.80. The number of rotatable bonds is 4. The van der Waals surface area contributed by atoms with Gasteiger partial charge in [0.05, 0.1) is 12.7 Å². The number of hydrogen-bond donors (Lipinski definition) is 1. The monoisotopic (exact) mass is 304 g/mol. The molecule has 1 aliphatic heterocycles. The first kappa shape index (κ1) is 16.2. The lowest BCUT2D eigenvalue weighted by atomic mass is 10.1. The van der Waals surface area contributed by atoms with E-state index < -0.39 is 34.6 Å². The topological polar surface area (TPSA) is 77.9 Å². The van der Waals surface area contributed by atoms with Gasteiger partial charge in [-0.1, -0.05) is 0 Å². The molecule has 1 saturated heterocycles. The molecule has 0 amide bonds. The van der Waals surface area contributed by atoms with Crippen molar-refractivity contribution >= 4 is 16.0 Å². The van der Waals surface area contributed by atoms with E-state index in [2.05, 4.69) is 0 Å². The fraction of sp³-hybridized carbons (Fsp3) is 0.889. The second-order valence-corrected chi connectivity index (χ2v) is 6.34. The summed E-state index contributed by atoms with van der Waals surface area (Å²) >= 11 is 0. The third-order valence-electron chi connectivity index (χ3n) is 2.93. The molecule has 0 aromatic heterocycles. The molecule has 10 heteroatoms. The van der Waals surface area contributed by atoms with Crippen molar-refractivity contribution in [1.29, 1.82) is 0 Å². The number of nitrogens with zero attached hydrogens (tertiary/aromatic N) is 2. The summed E-state index contributed by atoms with van der Waals surface area (Å²) in [7, 11) is -3.42. The summed E-state index contributed by atoms with van der Waals surface area (Å²) in [6.45, 7) is -0.398. The molecule has 1 rings (SSSR count). The Morgan fingerprint density at radius 2 is 1.74 bits per heavy atom. The molecular formula is C9H15F3N2O4S. The zero-order chi connectivity index (χ0) is 14.8. The molecule has 0 aromatic rings. The quantitative estimate of drug-likeness (QED) is 0.789. The predicted molar refractivity (Wildman–Crippen MR) is 60.1 cm³/mol. The molecule has 0 bridgehead atoms. The number of carboxylic acid groups (broad SMARTS) is 1. The van der Waals surface area contributed by atoms with Gasteiger partial charge in [0.15, 0.2) is 0 Å². The molecule has 1 aliphatic rings. The van der Waals surface area contributed by atoms with Crippen LogP contribution in [0.2, 0.25) is 0 Å². The predicted octanol–water partition coefficient (Wildman–Crippen LogP) is -0.0308. The highest BCUT2D eigenvalue weighted by molar-refractivity contribution is 7.88. The molecular weight excluding hydrogens is 289 g/mol. The molecule has 0 aromatic carbocycles. The number of sulfonamides is 1. The molecule has 1 unspecified atom stereocenters. The summed E-state index contributed by atoms with van der Waals surface area (Å²) in [6.07, 6.45) is -4.70. The van der Waals surface area contributed by atoms with Gasteiger partial charge in [-0.25, -0.2) is 8.42 Å². The van der Waals surface area contributed by atoms with Crippen LogP contribution in [0.4, 0.5) is 13.2 Å². The van der Waals surface area contributed by atoms with Gasteiger partial charge in [-0.3, -0.25) is 9.69 Å². The normalized spacial score (nSPS) is 21.3. The largest absolute Gasteiger partial charge is 0.481 e. The van der Waals surface area contributed by atoms with E-state index >= 15 is 0 Å². The van der Waals surface area contributed by atoms with Gasteiger partial charge >= 0.3 is 12.1 Å². The first-order valence-electron chi connectivity index (χ1n) is 5.49. The maximum absolute atomic E-state index is 12.8. The van der Waals surface area contributed by atoms with E-state index in [1.807, 2.05) is 0 Å². The third kappa shape index (κ3) is 4.62. The summed E-state index contributed by atoms with van der Waals surface area (Å²) in [5, 5.41) is 8.53. The lowest BCUT2D eigenvalue weighted by Gasteiger charge is -2.38. The van der Waals surface area contributed by atoms with Gasteiger partial charge in [0.25, 0.3) is 0 Å². The van der Waals surface area contributed by atoms with Crippen LogP contribution in [-0.4, -0.2) is 73.4 Å². The van der Waals surface area contributed by atoms with Crippen molar-refractivity contribution in [3.8, 4) is 0 Å². The highest BCUT2D eigenvalue weighted by atomic mass is 32.2. The first-order valence-corrected chi connectivity index (χ1v) is 7.34. The third-order valence-corrected chi connectivity index (χ3v) is 4.23. The number of hydrogen-bond acceptors (Lipinski definition) is 4. The van der Waals surface area contributed by atoms with Crippen LogP contribution >= 0.6 is 0 Å². The minimum Gasteiger partial charge on any atom is -0.481 e. The molecule has 0 radical (unpaired) electrons. The van der Waals surface area contributed by atoms with E-state index in [0.717, 1.165) is 15.5 Å². The van der Waals surface area contributed by atoms with Gasteiger partial charge in [0, 0.05) is 26.2 Å². The molecule has 0 spiro atoms. The van der Waals surface area contributed by atoms with Crippen LogP contribution in [0.25, 0.3) is 0 Å².